The number of halogens is 1. The first-order valence-electron chi connectivity index (χ1n) is 8.64. The Labute approximate surface area is 185 Å². The standard InChI is InChI=1S/C20H16ClN3O2S3/c1-11-4-3-5-12(8-11)10-28-19-22-17-16(18(25)23-19)29-20(27)24(17)14-9-13(21)6-7-15(14)26-2/h3-9H,10H2,1-2H3,(H,22,23,25). The van der Waals surface area contributed by atoms with Gasteiger partial charge in [0, 0.05) is 10.8 Å². The largest absolute Gasteiger partial charge is 0.495 e. The third-order valence-electron chi connectivity index (χ3n) is 4.26. The van der Waals surface area contributed by atoms with Gasteiger partial charge in [0.25, 0.3) is 5.56 Å². The van der Waals surface area contributed by atoms with Crippen LogP contribution in [0.2, 0.25) is 5.02 Å². The minimum absolute atomic E-state index is 0.211. The molecule has 0 saturated heterocycles. The molecule has 2 aromatic heterocycles. The van der Waals surface area contributed by atoms with Crippen molar-refractivity contribution in [2.75, 3.05) is 7.11 Å². The molecule has 9 heteroatoms. The number of hydrogen-bond donors (Lipinski definition) is 1. The van der Waals surface area contributed by atoms with Gasteiger partial charge < -0.3 is 9.72 Å². The van der Waals surface area contributed by atoms with Crippen LogP contribution >= 0.6 is 46.9 Å². The highest BCUT2D eigenvalue weighted by atomic mass is 35.5. The zero-order valence-electron chi connectivity index (χ0n) is 15.6. The van der Waals surface area contributed by atoms with Gasteiger partial charge in [0.15, 0.2) is 14.8 Å². The van der Waals surface area contributed by atoms with Gasteiger partial charge in [0.05, 0.1) is 12.8 Å². The number of nitrogens with one attached hydrogen (secondary N) is 1. The predicted octanol–water partition coefficient (Wildman–Crippen LogP) is 5.77. The molecule has 0 atom stereocenters. The van der Waals surface area contributed by atoms with Gasteiger partial charge in [-0.25, -0.2) is 4.98 Å². The number of nitrogens with zero attached hydrogens (tertiary/aromatic N) is 2. The highest BCUT2D eigenvalue weighted by molar-refractivity contribution is 7.98. The van der Waals surface area contributed by atoms with Crippen LogP contribution in [-0.4, -0.2) is 21.6 Å². The van der Waals surface area contributed by atoms with Crippen molar-refractivity contribution in [3.05, 3.63) is 72.9 Å². The van der Waals surface area contributed by atoms with Crippen LogP contribution in [0, 0.1) is 10.9 Å². The summed E-state index contributed by atoms with van der Waals surface area (Å²) >= 11 is 14.4. The quantitative estimate of drug-likeness (QED) is 0.232. The average molecular weight is 462 g/mol. The van der Waals surface area contributed by atoms with Crippen LogP contribution in [0.1, 0.15) is 11.1 Å². The average Bonchev–Trinajstić information content (AvgIpc) is 3.03. The van der Waals surface area contributed by atoms with Crippen LogP contribution in [0.4, 0.5) is 0 Å². The fourth-order valence-electron chi connectivity index (χ4n) is 2.97. The van der Waals surface area contributed by atoms with E-state index in [1.165, 1.54) is 28.7 Å². The lowest BCUT2D eigenvalue weighted by Crippen LogP contribution is -2.09. The summed E-state index contributed by atoms with van der Waals surface area (Å²) in [6.07, 6.45) is 0. The number of benzene rings is 2. The van der Waals surface area contributed by atoms with Crippen molar-refractivity contribution >= 4 is 57.3 Å². The molecule has 5 nitrogen and oxygen atoms in total. The molecule has 4 aromatic rings. The maximum Gasteiger partial charge on any atom is 0.271 e. The maximum atomic E-state index is 12.7. The molecular formula is C20H16ClN3O2S3. The van der Waals surface area contributed by atoms with E-state index in [-0.39, 0.29) is 5.56 Å². The van der Waals surface area contributed by atoms with Gasteiger partial charge in [-0.05, 0) is 42.9 Å². The van der Waals surface area contributed by atoms with E-state index < -0.39 is 0 Å². The summed E-state index contributed by atoms with van der Waals surface area (Å²) in [4.78, 5) is 20.2. The van der Waals surface area contributed by atoms with E-state index in [0.29, 0.717) is 41.7 Å². The highest BCUT2D eigenvalue weighted by Crippen LogP contribution is 2.32. The van der Waals surface area contributed by atoms with Crippen LogP contribution in [0.15, 0.2) is 52.4 Å². The zero-order valence-corrected chi connectivity index (χ0v) is 18.8. The minimum Gasteiger partial charge on any atom is -0.495 e. The molecule has 29 heavy (non-hydrogen) atoms. The fourth-order valence-corrected chi connectivity index (χ4v) is 5.19. The third-order valence-corrected chi connectivity index (χ3v) is 6.80. The monoisotopic (exact) mass is 461 g/mol. The van der Waals surface area contributed by atoms with Gasteiger partial charge in [0.1, 0.15) is 10.4 Å². The van der Waals surface area contributed by atoms with Gasteiger partial charge in [0.2, 0.25) is 0 Å². The SMILES string of the molecule is COc1ccc(Cl)cc1-n1c(=S)sc2c(=O)[nH]c(SCc3cccc(C)c3)nc21. The number of methoxy groups -OCH3 is 1. The van der Waals surface area contributed by atoms with Gasteiger partial charge in [-0.2, -0.15) is 0 Å². The fraction of sp³-hybridized carbons (Fsp3) is 0.150. The molecule has 0 bridgehead atoms. The van der Waals surface area contributed by atoms with Crippen molar-refractivity contribution in [1.29, 1.82) is 0 Å². The van der Waals surface area contributed by atoms with Crippen LogP contribution < -0.4 is 10.3 Å². The lowest BCUT2D eigenvalue weighted by Gasteiger charge is -2.11. The molecule has 0 spiro atoms. The molecule has 0 aliphatic heterocycles. The first-order valence-corrected chi connectivity index (χ1v) is 11.2. The van der Waals surface area contributed by atoms with E-state index >= 15 is 0 Å². The van der Waals surface area contributed by atoms with E-state index in [1.54, 1.807) is 29.9 Å². The lowest BCUT2D eigenvalue weighted by atomic mass is 10.2. The number of ether oxygens (including phenoxy) is 1. The lowest BCUT2D eigenvalue weighted by molar-refractivity contribution is 0.413. The Balaban J connectivity index is 1.81. The Morgan fingerprint density at radius 1 is 1.31 bits per heavy atom. The summed E-state index contributed by atoms with van der Waals surface area (Å²) in [5.74, 6) is 1.29. The van der Waals surface area contributed by atoms with Crippen LogP contribution in [-0.2, 0) is 5.75 Å². The number of thiazole rings is 1. The molecule has 4 rings (SSSR count). The molecule has 148 valence electrons. The Bertz CT molecular complexity index is 1330. The number of fused-ring (bicyclic) bond motifs is 1. The summed E-state index contributed by atoms with van der Waals surface area (Å²) < 4.78 is 8.18. The van der Waals surface area contributed by atoms with Crippen molar-refractivity contribution in [2.24, 2.45) is 0 Å². The second-order valence-corrected chi connectivity index (χ2v) is 9.37. The molecular weight excluding hydrogens is 446 g/mol. The van der Waals surface area contributed by atoms with Gasteiger partial charge >= 0.3 is 0 Å². The number of aromatic nitrogens is 3. The molecule has 0 radical (unpaired) electrons. The summed E-state index contributed by atoms with van der Waals surface area (Å²) in [5.41, 5.74) is 3.30. The van der Waals surface area contributed by atoms with Crippen molar-refractivity contribution in [3.63, 3.8) is 0 Å². The Hall–Kier alpha value is -2.13. The van der Waals surface area contributed by atoms with Crippen molar-refractivity contribution in [1.82, 2.24) is 14.5 Å². The van der Waals surface area contributed by atoms with E-state index in [9.17, 15) is 4.79 Å². The molecule has 0 fully saturated rings. The normalized spacial score (nSPS) is 11.1. The van der Waals surface area contributed by atoms with Crippen molar-refractivity contribution in [2.45, 2.75) is 17.8 Å². The third kappa shape index (κ3) is 4.11. The molecule has 0 saturated carbocycles. The topological polar surface area (TPSA) is 59.9 Å². The zero-order chi connectivity index (χ0) is 20.5. The minimum atomic E-state index is -0.211. The summed E-state index contributed by atoms with van der Waals surface area (Å²) in [7, 11) is 1.58. The second kappa shape index (κ2) is 8.31. The number of aromatic amines is 1. The molecule has 2 heterocycles. The number of thioether (sulfide) groups is 1. The van der Waals surface area contributed by atoms with Gasteiger partial charge in [-0.1, -0.05) is 64.5 Å². The predicted molar refractivity (Wildman–Crippen MR) is 123 cm³/mol. The van der Waals surface area contributed by atoms with E-state index in [4.69, 9.17) is 33.5 Å². The van der Waals surface area contributed by atoms with Crippen molar-refractivity contribution in [3.8, 4) is 11.4 Å². The molecule has 0 unspecified atom stereocenters. The summed E-state index contributed by atoms with van der Waals surface area (Å²) in [6, 6.07) is 13.5. The van der Waals surface area contributed by atoms with Gasteiger partial charge in [-0.3, -0.25) is 9.36 Å². The Kier molecular flexibility index (Phi) is 5.78. The Morgan fingerprint density at radius 3 is 2.90 bits per heavy atom. The number of rotatable bonds is 5. The Morgan fingerprint density at radius 2 is 2.14 bits per heavy atom. The van der Waals surface area contributed by atoms with Crippen molar-refractivity contribution < 1.29 is 4.74 Å². The first kappa shape index (κ1) is 20.2. The smallest absolute Gasteiger partial charge is 0.271 e. The van der Waals surface area contributed by atoms with Crippen LogP contribution in [0.25, 0.3) is 16.0 Å². The maximum absolute atomic E-state index is 12.7. The first-order chi connectivity index (χ1) is 14.0. The molecule has 0 aliphatic carbocycles. The molecule has 0 amide bonds. The molecule has 1 N–H and O–H groups in total. The number of aryl methyl sites for hydroxylation is 1. The number of H-pyrrole nitrogens is 1. The summed E-state index contributed by atoms with van der Waals surface area (Å²) in [6.45, 7) is 2.05. The summed E-state index contributed by atoms with van der Waals surface area (Å²) in [5, 5.41) is 1.08. The van der Waals surface area contributed by atoms with E-state index in [1.807, 2.05) is 6.07 Å². The molecule has 0 aliphatic rings. The molecule has 2 aromatic carbocycles. The highest BCUT2D eigenvalue weighted by Gasteiger charge is 2.17. The van der Waals surface area contributed by atoms with E-state index in [2.05, 4.69) is 30.1 Å². The van der Waals surface area contributed by atoms with E-state index in [0.717, 1.165) is 5.56 Å². The van der Waals surface area contributed by atoms with Crippen LogP contribution in [0.3, 0.4) is 0 Å². The second-order valence-electron chi connectivity index (χ2n) is 6.32. The number of hydrogen-bond acceptors (Lipinski definition) is 6. The van der Waals surface area contributed by atoms with Gasteiger partial charge in [-0.15, -0.1) is 0 Å². The van der Waals surface area contributed by atoms with Crippen LogP contribution in [0.5, 0.6) is 5.75 Å².